The van der Waals surface area contributed by atoms with E-state index in [1.54, 1.807) is 0 Å². The third-order valence-corrected chi connectivity index (χ3v) is 4.74. The van der Waals surface area contributed by atoms with Crippen molar-refractivity contribution in [3.63, 3.8) is 0 Å². The maximum Gasteiger partial charge on any atom is 0.241 e. The van der Waals surface area contributed by atoms with Crippen LogP contribution in [0.1, 0.15) is 18.0 Å². The highest BCUT2D eigenvalue weighted by atomic mass is 16.5. The van der Waals surface area contributed by atoms with Crippen LogP contribution in [0.25, 0.3) is 11.1 Å². The highest BCUT2D eigenvalue weighted by Crippen LogP contribution is 2.32. The van der Waals surface area contributed by atoms with Crippen LogP contribution in [0.2, 0.25) is 0 Å². The van der Waals surface area contributed by atoms with E-state index in [2.05, 4.69) is 59.2 Å². The molecule has 4 nitrogen and oxygen atoms in total. The number of likely N-dealkylation sites (tertiary alicyclic amines) is 1. The lowest BCUT2D eigenvalue weighted by molar-refractivity contribution is 0.286. The molecule has 1 aliphatic heterocycles. The van der Waals surface area contributed by atoms with Crippen LogP contribution < -0.4 is 4.74 Å². The standard InChI is InChI=1S/C21H23N3O/c1-23-13-12-19(14-23)24-15-20(18-10-6-3-7-11-18)21(22-24)25-16-17-8-4-2-5-9-17/h2-11,15,19H,12-14,16H2,1H3. The number of hydrogen-bond acceptors (Lipinski definition) is 3. The second-order valence-corrected chi connectivity index (χ2v) is 6.67. The smallest absolute Gasteiger partial charge is 0.241 e. The fraction of sp³-hybridized carbons (Fsp3) is 0.286. The molecule has 128 valence electrons. The van der Waals surface area contributed by atoms with Crippen LogP contribution in [-0.2, 0) is 6.61 Å². The fourth-order valence-electron chi connectivity index (χ4n) is 3.34. The van der Waals surface area contributed by atoms with E-state index >= 15 is 0 Å². The Labute approximate surface area is 148 Å². The summed E-state index contributed by atoms with van der Waals surface area (Å²) >= 11 is 0. The maximum absolute atomic E-state index is 6.10. The van der Waals surface area contributed by atoms with Gasteiger partial charge >= 0.3 is 0 Å². The Kier molecular flexibility index (Phi) is 4.53. The van der Waals surface area contributed by atoms with Gasteiger partial charge in [0.15, 0.2) is 0 Å². The van der Waals surface area contributed by atoms with Crippen molar-refractivity contribution in [2.75, 3.05) is 20.1 Å². The number of hydrogen-bond donors (Lipinski definition) is 0. The van der Waals surface area contributed by atoms with E-state index in [1.165, 1.54) is 0 Å². The number of benzene rings is 2. The summed E-state index contributed by atoms with van der Waals surface area (Å²) in [6, 6.07) is 21.0. The van der Waals surface area contributed by atoms with Crippen molar-refractivity contribution in [1.29, 1.82) is 0 Å². The summed E-state index contributed by atoms with van der Waals surface area (Å²) in [5.74, 6) is 0.713. The number of likely N-dealkylation sites (N-methyl/N-ethyl adjacent to an activating group) is 1. The summed E-state index contributed by atoms with van der Waals surface area (Å²) in [6.45, 7) is 2.68. The minimum atomic E-state index is 0.418. The number of ether oxygens (including phenoxy) is 1. The lowest BCUT2D eigenvalue weighted by atomic mass is 10.1. The molecule has 0 amide bonds. The summed E-state index contributed by atoms with van der Waals surface area (Å²) in [4.78, 5) is 2.35. The number of nitrogens with zero attached hydrogens (tertiary/aromatic N) is 3. The van der Waals surface area contributed by atoms with E-state index in [1.807, 2.05) is 24.3 Å². The van der Waals surface area contributed by atoms with Crippen molar-refractivity contribution in [3.8, 4) is 17.0 Å². The largest absolute Gasteiger partial charge is 0.471 e. The topological polar surface area (TPSA) is 30.3 Å². The van der Waals surface area contributed by atoms with Gasteiger partial charge in [-0.25, -0.2) is 0 Å². The highest BCUT2D eigenvalue weighted by Gasteiger charge is 2.24. The predicted molar refractivity (Wildman–Crippen MR) is 99.6 cm³/mol. The Morgan fingerprint density at radius 2 is 1.76 bits per heavy atom. The molecule has 4 rings (SSSR count). The van der Waals surface area contributed by atoms with Gasteiger partial charge in [-0.2, -0.15) is 0 Å². The van der Waals surface area contributed by atoms with E-state index < -0.39 is 0 Å². The minimum Gasteiger partial charge on any atom is -0.471 e. The van der Waals surface area contributed by atoms with Crippen LogP contribution in [0.15, 0.2) is 66.9 Å². The molecule has 0 spiro atoms. The van der Waals surface area contributed by atoms with Crippen LogP contribution in [0.5, 0.6) is 5.88 Å². The summed E-state index contributed by atoms with van der Waals surface area (Å²) in [5.41, 5.74) is 3.35. The van der Waals surface area contributed by atoms with Gasteiger partial charge in [-0.3, -0.25) is 4.68 Å². The molecule has 25 heavy (non-hydrogen) atoms. The molecule has 1 unspecified atom stereocenters. The van der Waals surface area contributed by atoms with Gasteiger partial charge in [-0.15, -0.1) is 5.10 Å². The van der Waals surface area contributed by atoms with Gasteiger partial charge in [0.2, 0.25) is 5.88 Å². The highest BCUT2D eigenvalue weighted by molar-refractivity contribution is 5.67. The molecule has 1 atom stereocenters. The zero-order valence-electron chi connectivity index (χ0n) is 14.5. The number of rotatable bonds is 5. The molecule has 0 N–H and O–H groups in total. The molecule has 2 heterocycles. The zero-order valence-corrected chi connectivity index (χ0v) is 14.5. The van der Waals surface area contributed by atoms with Crippen molar-refractivity contribution in [3.05, 3.63) is 72.4 Å². The van der Waals surface area contributed by atoms with Crippen LogP contribution in [0.3, 0.4) is 0 Å². The van der Waals surface area contributed by atoms with Crippen molar-refractivity contribution in [2.45, 2.75) is 19.1 Å². The van der Waals surface area contributed by atoms with Gasteiger partial charge < -0.3 is 9.64 Å². The van der Waals surface area contributed by atoms with Crippen molar-refractivity contribution in [1.82, 2.24) is 14.7 Å². The molecule has 0 radical (unpaired) electrons. The van der Waals surface area contributed by atoms with Crippen LogP contribution in [-0.4, -0.2) is 34.8 Å². The van der Waals surface area contributed by atoms with Crippen LogP contribution >= 0.6 is 0 Å². The maximum atomic E-state index is 6.10. The normalized spacial score (nSPS) is 17.7. The lowest BCUT2D eigenvalue weighted by Gasteiger charge is -2.10. The summed E-state index contributed by atoms with van der Waals surface area (Å²) in [7, 11) is 2.16. The summed E-state index contributed by atoms with van der Waals surface area (Å²) in [6.07, 6.45) is 3.27. The monoisotopic (exact) mass is 333 g/mol. The SMILES string of the molecule is CN1CCC(n2cc(-c3ccccc3)c(OCc3ccccc3)n2)C1. The molecule has 2 aromatic carbocycles. The van der Waals surface area contributed by atoms with Gasteiger partial charge in [-0.05, 0) is 31.1 Å². The molecule has 0 bridgehead atoms. The average molecular weight is 333 g/mol. The number of aromatic nitrogens is 2. The average Bonchev–Trinajstić information content (AvgIpc) is 3.28. The van der Waals surface area contributed by atoms with Gasteiger partial charge in [0.1, 0.15) is 6.61 Å². The van der Waals surface area contributed by atoms with E-state index in [0.717, 1.165) is 36.2 Å². The molecule has 1 aliphatic rings. The molecule has 4 heteroatoms. The molecular formula is C21H23N3O. The molecule has 1 aromatic heterocycles. The molecule has 0 saturated carbocycles. The second-order valence-electron chi connectivity index (χ2n) is 6.67. The van der Waals surface area contributed by atoms with E-state index in [9.17, 15) is 0 Å². The molecule has 3 aromatic rings. The minimum absolute atomic E-state index is 0.418. The molecule has 1 saturated heterocycles. The van der Waals surface area contributed by atoms with Gasteiger partial charge in [-0.1, -0.05) is 60.7 Å². The molecular weight excluding hydrogens is 310 g/mol. The Morgan fingerprint density at radius 1 is 1.04 bits per heavy atom. The quantitative estimate of drug-likeness (QED) is 0.707. The van der Waals surface area contributed by atoms with E-state index in [-0.39, 0.29) is 0 Å². The van der Waals surface area contributed by atoms with E-state index in [0.29, 0.717) is 18.5 Å². The lowest BCUT2D eigenvalue weighted by Crippen LogP contribution is -2.16. The Hall–Kier alpha value is -2.59. The second kappa shape index (κ2) is 7.11. The van der Waals surface area contributed by atoms with Crippen LogP contribution in [0, 0.1) is 0 Å². The fourth-order valence-corrected chi connectivity index (χ4v) is 3.34. The Bertz CT molecular complexity index is 814. The van der Waals surface area contributed by atoms with E-state index in [4.69, 9.17) is 9.84 Å². The molecule has 1 fully saturated rings. The van der Waals surface area contributed by atoms with Crippen molar-refractivity contribution >= 4 is 0 Å². The third-order valence-electron chi connectivity index (χ3n) is 4.74. The summed E-state index contributed by atoms with van der Waals surface area (Å²) < 4.78 is 8.19. The molecule has 0 aliphatic carbocycles. The Morgan fingerprint density at radius 3 is 2.44 bits per heavy atom. The van der Waals surface area contributed by atoms with Gasteiger partial charge in [0, 0.05) is 12.7 Å². The first-order chi connectivity index (χ1) is 12.3. The van der Waals surface area contributed by atoms with Crippen molar-refractivity contribution in [2.24, 2.45) is 0 Å². The Balaban J connectivity index is 1.62. The summed E-state index contributed by atoms with van der Waals surface area (Å²) in [5, 5.41) is 4.79. The van der Waals surface area contributed by atoms with Crippen LogP contribution in [0.4, 0.5) is 0 Å². The predicted octanol–water partition coefficient (Wildman–Crippen LogP) is 4.01. The first-order valence-corrected chi connectivity index (χ1v) is 8.79. The van der Waals surface area contributed by atoms with Crippen molar-refractivity contribution < 1.29 is 4.74 Å². The zero-order chi connectivity index (χ0) is 17.1. The van der Waals surface area contributed by atoms with Gasteiger partial charge in [0.05, 0.1) is 11.6 Å². The van der Waals surface area contributed by atoms with Gasteiger partial charge in [0.25, 0.3) is 0 Å². The third kappa shape index (κ3) is 3.59. The first-order valence-electron chi connectivity index (χ1n) is 8.79. The first kappa shape index (κ1) is 15.9.